The Labute approximate surface area is 231 Å². The average molecular weight is 596 g/mol. The van der Waals surface area contributed by atoms with Gasteiger partial charge in [-0.1, -0.05) is 6.92 Å². The van der Waals surface area contributed by atoms with E-state index >= 15 is 0 Å². The first-order valence-electron chi connectivity index (χ1n) is 12.3. The summed E-state index contributed by atoms with van der Waals surface area (Å²) in [5.41, 5.74) is -0.353. The molecule has 41 heavy (non-hydrogen) atoms. The molecular weight excluding hydrogens is 570 g/mol. The van der Waals surface area contributed by atoms with Gasteiger partial charge >= 0.3 is 6.18 Å². The maximum atomic E-state index is 14.4. The van der Waals surface area contributed by atoms with Crippen LogP contribution in [0.25, 0.3) is 22.2 Å². The topological polar surface area (TPSA) is 154 Å². The number of aromatic nitrogens is 5. The summed E-state index contributed by atoms with van der Waals surface area (Å²) < 4.78 is 80.0. The third-order valence-electron chi connectivity index (χ3n) is 6.07. The smallest absolute Gasteiger partial charge is 0.393 e. The number of aromatic hydroxyl groups is 1. The molecule has 0 bridgehead atoms. The highest BCUT2D eigenvalue weighted by Crippen LogP contribution is 2.36. The lowest BCUT2D eigenvalue weighted by atomic mass is 9.99. The normalized spacial score (nSPS) is 12.1. The van der Waals surface area contributed by atoms with E-state index in [0.717, 1.165) is 16.6 Å². The van der Waals surface area contributed by atoms with Gasteiger partial charge in [-0.2, -0.15) is 18.3 Å². The molecule has 0 fully saturated rings. The van der Waals surface area contributed by atoms with E-state index in [4.69, 9.17) is 0 Å². The van der Waals surface area contributed by atoms with E-state index < -0.39 is 39.8 Å². The number of fused-ring (bicyclic) bond motifs is 1. The predicted molar refractivity (Wildman–Crippen MR) is 143 cm³/mol. The molecule has 0 radical (unpaired) electrons. The summed E-state index contributed by atoms with van der Waals surface area (Å²) in [4.78, 5) is 25.4. The second-order valence-electron chi connectivity index (χ2n) is 8.99. The lowest BCUT2D eigenvalue weighted by Gasteiger charge is -2.21. The molecule has 3 aromatic heterocycles. The van der Waals surface area contributed by atoms with Crippen LogP contribution in [0, 0.1) is 5.82 Å². The molecule has 3 heterocycles. The number of hydrogen-bond donors (Lipinski definition) is 3. The number of nitrogens with one attached hydrogen (secondary N) is 2. The van der Waals surface area contributed by atoms with Crippen LogP contribution in [0.1, 0.15) is 42.0 Å². The quantitative estimate of drug-likeness (QED) is 0.179. The Kier molecular flexibility index (Phi) is 8.15. The Morgan fingerprint density at radius 2 is 1.85 bits per heavy atom. The van der Waals surface area contributed by atoms with Crippen molar-refractivity contribution in [3.8, 4) is 17.0 Å². The average Bonchev–Trinajstić information content (AvgIpc) is 3.32. The van der Waals surface area contributed by atoms with E-state index in [-0.39, 0.29) is 70.5 Å². The van der Waals surface area contributed by atoms with Crippen LogP contribution >= 0.6 is 0 Å². The van der Waals surface area contributed by atoms with Gasteiger partial charge in [0.05, 0.1) is 35.8 Å². The van der Waals surface area contributed by atoms with Gasteiger partial charge in [-0.3, -0.25) is 19.2 Å². The van der Waals surface area contributed by atoms with Gasteiger partial charge in [-0.25, -0.2) is 22.8 Å². The van der Waals surface area contributed by atoms with Crippen molar-refractivity contribution in [3.63, 3.8) is 0 Å². The first kappa shape index (κ1) is 29.6. The summed E-state index contributed by atoms with van der Waals surface area (Å²) in [5, 5.41) is 19.7. The fraction of sp³-hybridized carbons (Fsp3) is 0.320. The molecule has 4 aromatic rings. The minimum atomic E-state index is -4.67. The molecular formula is C25H25F4N7O4S. The van der Waals surface area contributed by atoms with Gasteiger partial charge in [0.25, 0.3) is 0 Å². The molecule has 0 saturated heterocycles. The zero-order chi connectivity index (χ0) is 30.1. The Bertz CT molecular complexity index is 1730. The number of benzene rings is 1. The monoisotopic (exact) mass is 595 g/mol. The van der Waals surface area contributed by atoms with Crippen molar-refractivity contribution in [2.75, 3.05) is 22.4 Å². The highest BCUT2D eigenvalue weighted by molar-refractivity contribution is 7.92. The van der Waals surface area contributed by atoms with Crippen LogP contribution in [0.5, 0.6) is 5.75 Å². The third kappa shape index (κ3) is 6.37. The van der Waals surface area contributed by atoms with Crippen LogP contribution in [-0.4, -0.2) is 63.4 Å². The largest absolute Gasteiger partial charge is 0.505 e. The van der Waals surface area contributed by atoms with Crippen molar-refractivity contribution in [2.24, 2.45) is 0 Å². The van der Waals surface area contributed by atoms with Gasteiger partial charge in [-0.05, 0) is 30.7 Å². The molecule has 16 heteroatoms. The number of alkyl halides is 3. The van der Waals surface area contributed by atoms with Gasteiger partial charge in [0, 0.05) is 30.9 Å². The first-order valence-corrected chi connectivity index (χ1v) is 14.1. The summed E-state index contributed by atoms with van der Waals surface area (Å²) in [6.07, 6.45) is -2.37. The van der Waals surface area contributed by atoms with Crippen LogP contribution in [0.3, 0.4) is 0 Å². The van der Waals surface area contributed by atoms with Crippen molar-refractivity contribution in [3.05, 3.63) is 53.4 Å². The molecule has 0 spiro atoms. The second kappa shape index (κ2) is 11.3. The summed E-state index contributed by atoms with van der Waals surface area (Å²) >= 11 is 0. The molecule has 0 atom stereocenters. The molecule has 0 aliphatic heterocycles. The number of halogens is 4. The van der Waals surface area contributed by atoms with Crippen LogP contribution in [0.4, 0.5) is 29.2 Å². The molecule has 0 amide bonds. The summed E-state index contributed by atoms with van der Waals surface area (Å²) in [7, 11) is -3.71. The van der Waals surface area contributed by atoms with Crippen LogP contribution in [0.2, 0.25) is 0 Å². The minimum absolute atomic E-state index is 0.00602. The van der Waals surface area contributed by atoms with E-state index in [0.29, 0.717) is 6.07 Å². The number of ketones is 1. The Morgan fingerprint density at radius 3 is 2.49 bits per heavy atom. The maximum Gasteiger partial charge on any atom is 0.393 e. The van der Waals surface area contributed by atoms with Crippen LogP contribution in [-0.2, 0) is 23.0 Å². The summed E-state index contributed by atoms with van der Waals surface area (Å²) in [6.45, 7) is 3.14. The molecule has 0 saturated carbocycles. The molecule has 11 nitrogen and oxygen atoms in total. The SMILES string of the molecule is CCC(=O)c1n[nH]c2cc(-c3cc(F)c(O)cc3CC(F)(F)F)nc(NCc3nccnc3N(CC)S(C)(=O)=O)c12. The van der Waals surface area contributed by atoms with Gasteiger partial charge in [-0.15, -0.1) is 0 Å². The standard InChI is InChI=1S/C25H25F4N7O4S/c1-4-19(37)22-21-17(34-35-22)10-16(14-9-15(26)20(38)8-13(14)11-25(27,28)29)33-23(21)32-12-18-24(31-7-6-30-18)36(5-2)41(3,39)40/h6-10,38H,4-5,11-12H2,1-3H3,(H,32,33)(H,34,35). The highest BCUT2D eigenvalue weighted by Gasteiger charge is 2.31. The number of rotatable bonds is 10. The lowest BCUT2D eigenvalue weighted by molar-refractivity contribution is -0.127. The summed E-state index contributed by atoms with van der Waals surface area (Å²) in [6, 6.07) is 2.75. The molecule has 0 aliphatic carbocycles. The van der Waals surface area contributed by atoms with Crippen LogP contribution in [0.15, 0.2) is 30.6 Å². The van der Waals surface area contributed by atoms with E-state index in [9.17, 15) is 35.9 Å². The maximum absolute atomic E-state index is 14.4. The highest BCUT2D eigenvalue weighted by atomic mass is 32.2. The number of H-pyrrole nitrogens is 1. The Morgan fingerprint density at radius 1 is 1.15 bits per heavy atom. The van der Waals surface area contributed by atoms with Gasteiger partial charge in [0.1, 0.15) is 17.2 Å². The van der Waals surface area contributed by atoms with Gasteiger partial charge < -0.3 is 10.4 Å². The molecule has 0 unspecified atom stereocenters. The van der Waals surface area contributed by atoms with Crippen molar-refractivity contribution in [2.45, 2.75) is 39.4 Å². The molecule has 218 valence electrons. The molecule has 0 aliphatic rings. The van der Waals surface area contributed by atoms with E-state index in [1.807, 2.05) is 0 Å². The fourth-order valence-electron chi connectivity index (χ4n) is 4.29. The zero-order valence-corrected chi connectivity index (χ0v) is 22.9. The van der Waals surface area contributed by atoms with Gasteiger partial charge in [0.15, 0.2) is 23.2 Å². The number of phenolic OH excluding ortho intramolecular Hbond substituents is 1. The summed E-state index contributed by atoms with van der Waals surface area (Å²) in [5.74, 6) is -2.42. The molecule has 3 N–H and O–H groups in total. The molecule has 4 rings (SSSR count). The number of sulfonamides is 1. The van der Waals surface area contributed by atoms with Gasteiger partial charge in [0.2, 0.25) is 10.0 Å². The van der Waals surface area contributed by atoms with Crippen molar-refractivity contribution in [1.82, 2.24) is 25.1 Å². The van der Waals surface area contributed by atoms with E-state index in [1.165, 1.54) is 18.5 Å². The fourth-order valence-corrected chi connectivity index (χ4v) is 5.22. The predicted octanol–water partition coefficient (Wildman–Crippen LogP) is 4.36. The Balaban J connectivity index is 1.88. The number of Topliss-reactive ketones (excluding diaryl/α,β-unsaturated/α-hetero) is 1. The van der Waals surface area contributed by atoms with E-state index in [2.05, 4.69) is 30.5 Å². The number of pyridine rings is 1. The first-order chi connectivity index (χ1) is 19.2. The number of carbonyl (C=O) groups excluding carboxylic acids is 1. The number of hydrogen-bond acceptors (Lipinski definition) is 9. The van der Waals surface area contributed by atoms with Crippen LogP contribution < -0.4 is 9.62 Å². The van der Waals surface area contributed by atoms with Crippen molar-refractivity contribution in [1.29, 1.82) is 0 Å². The molecule has 1 aromatic carbocycles. The van der Waals surface area contributed by atoms with Crippen molar-refractivity contribution >= 4 is 38.3 Å². The van der Waals surface area contributed by atoms with Crippen molar-refractivity contribution < 1.29 is 35.9 Å². The minimum Gasteiger partial charge on any atom is -0.505 e. The number of carbonyl (C=O) groups is 1. The Hall–Kier alpha value is -4.34. The third-order valence-corrected chi connectivity index (χ3v) is 7.30. The zero-order valence-electron chi connectivity index (χ0n) is 22.0. The number of nitrogens with zero attached hydrogens (tertiary/aromatic N) is 5. The number of anilines is 2. The number of aromatic amines is 1. The lowest BCUT2D eigenvalue weighted by Crippen LogP contribution is -2.31. The second-order valence-corrected chi connectivity index (χ2v) is 10.9. The number of phenols is 1. The van der Waals surface area contributed by atoms with E-state index in [1.54, 1.807) is 13.8 Å².